The number of hydrogen-bond acceptors (Lipinski definition) is 5. The average molecular weight is 389 g/mol. The quantitative estimate of drug-likeness (QED) is 0.621. The van der Waals surface area contributed by atoms with E-state index < -0.39 is 35.2 Å². The third-order valence-corrected chi connectivity index (χ3v) is 3.20. The van der Waals surface area contributed by atoms with E-state index in [1.54, 1.807) is 19.1 Å². The number of anilines is 1. The van der Waals surface area contributed by atoms with Crippen molar-refractivity contribution in [3.8, 4) is 0 Å². The van der Waals surface area contributed by atoms with Crippen molar-refractivity contribution in [3.05, 3.63) is 52.6 Å². The van der Waals surface area contributed by atoms with Crippen LogP contribution in [0.4, 0.5) is 19.0 Å². The number of nitrogens with zero attached hydrogens (tertiary/aromatic N) is 1. The van der Waals surface area contributed by atoms with Crippen molar-refractivity contribution in [1.82, 2.24) is 4.98 Å². The number of nitrogens with one attached hydrogen (secondary N) is 1. The number of pyridine rings is 1. The minimum absolute atomic E-state index is 0.276. The van der Waals surface area contributed by atoms with E-state index in [-0.39, 0.29) is 5.82 Å². The second-order valence-corrected chi connectivity index (χ2v) is 5.40. The predicted molar refractivity (Wildman–Crippen MR) is 86.3 cm³/mol. The van der Waals surface area contributed by atoms with Crippen LogP contribution in [0.5, 0.6) is 0 Å². The fourth-order valence-corrected chi connectivity index (χ4v) is 1.94. The molecule has 0 atom stereocenters. The number of aryl methyl sites for hydroxylation is 1. The molecule has 0 unspecified atom stereocenters. The molecule has 0 spiro atoms. The normalized spacial score (nSPS) is 11.6. The third kappa shape index (κ3) is 5.62. The molecule has 0 aliphatic carbocycles. The molecule has 26 heavy (non-hydrogen) atoms. The van der Waals surface area contributed by atoms with E-state index in [1.165, 1.54) is 6.08 Å². The highest BCUT2D eigenvalue weighted by molar-refractivity contribution is 6.33. The molecule has 1 N–H and O–H groups in total. The summed E-state index contributed by atoms with van der Waals surface area (Å²) < 4.78 is 47.4. The molecule has 2 heterocycles. The molecule has 138 valence electrons. The number of aromatic nitrogens is 1. The minimum Gasteiger partial charge on any atom is -0.462 e. The number of ether oxygens (including phenoxy) is 1. The Morgan fingerprint density at radius 2 is 2.12 bits per heavy atom. The Balaban J connectivity index is 1.87. The lowest BCUT2D eigenvalue weighted by atomic mass is 10.3. The lowest BCUT2D eigenvalue weighted by Gasteiger charge is -2.10. The van der Waals surface area contributed by atoms with Gasteiger partial charge in [0.1, 0.15) is 11.5 Å². The first-order chi connectivity index (χ1) is 12.1. The summed E-state index contributed by atoms with van der Waals surface area (Å²) in [5.74, 6) is -0.791. The Kier molecular flexibility index (Phi) is 6.04. The summed E-state index contributed by atoms with van der Waals surface area (Å²) in [6, 6.07) is 3.98. The number of halogens is 4. The number of hydrogen-bond donors (Lipinski definition) is 1. The molecule has 0 saturated heterocycles. The van der Waals surface area contributed by atoms with E-state index in [0.29, 0.717) is 23.8 Å². The average Bonchev–Trinajstić information content (AvgIpc) is 2.97. The molecular weight excluding hydrogens is 377 g/mol. The zero-order chi connectivity index (χ0) is 19.3. The maximum Gasteiger partial charge on any atom is 0.417 e. The SMILES string of the molecule is Cc1ccc(/C=C/C(=O)OCC(=O)Nc2ncc(C(F)(F)F)cc2Cl)o1. The topological polar surface area (TPSA) is 81.4 Å². The van der Waals surface area contributed by atoms with Gasteiger partial charge in [-0.1, -0.05) is 11.6 Å². The molecule has 0 aliphatic heterocycles. The highest BCUT2D eigenvalue weighted by Crippen LogP contribution is 2.32. The van der Waals surface area contributed by atoms with Crippen LogP contribution in [-0.4, -0.2) is 23.5 Å². The van der Waals surface area contributed by atoms with Gasteiger partial charge in [0.15, 0.2) is 12.4 Å². The van der Waals surface area contributed by atoms with Gasteiger partial charge in [-0.05, 0) is 31.2 Å². The van der Waals surface area contributed by atoms with E-state index in [4.69, 9.17) is 20.8 Å². The summed E-state index contributed by atoms with van der Waals surface area (Å²) in [5.41, 5.74) is -1.05. The van der Waals surface area contributed by atoms with Gasteiger partial charge in [0.05, 0.1) is 10.6 Å². The van der Waals surface area contributed by atoms with Crippen molar-refractivity contribution in [2.45, 2.75) is 13.1 Å². The molecule has 2 aromatic heterocycles. The van der Waals surface area contributed by atoms with Crippen LogP contribution >= 0.6 is 11.6 Å². The first kappa shape index (κ1) is 19.5. The van der Waals surface area contributed by atoms with Crippen molar-refractivity contribution in [3.63, 3.8) is 0 Å². The third-order valence-electron chi connectivity index (χ3n) is 2.92. The highest BCUT2D eigenvalue weighted by atomic mass is 35.5. The molecule has 2 rings (SSSR count). The summed E-state index contributed by atoms with van der Waals surface area (Å²) in [6.45, 7) is 1.07. The van der Waals surface area contributed by atoms with Crippen molar-refractivity contribution in [2.75, 3.05) is 11.9 Å². The monoisotopic (exact) mass is 388 g/mol. The van der Waals surface area contributed by atoms with Crippen LogP contribution in [0.15, 0.2) is 34.9 Å². The number of furan rings is 1. The number of amides is 1. The molecule has 0 aliphatic rings. The second-order valence-electron chi connectivity index (χ2n) is 4.99. The largest absolute Gasteiger partial charge is 0.462 e. The van der Waals surface area contributed by atoms with E-state index in [2.05, 4.69) is 10.3 Å². The standard InChI is InChI=1S/C16H12ClF3N2O4/c1-9-2-3-11(26-9)4-5-14(24)25-8-13(23)22-15-12(17)6-10(7-21-15)16(18,19)20/h2-7H,8H2,1H3,(H,21,22,23)/b5-4+. The first-order valence-corrected chi connectivity index (χ1v) is 7.47. The van der Waals surface area contributed by atoms with Crippen LogP contribution < -0.4 is 5.32 Å². The lowest BCUT2D eigenvalue weighted by Crippen LogP contribution is -2.21. The molecule has 0 saturated carbocycles. The lowest BCUT2D eigenvalue weighted by molar-refractivity contribution is -0.142. The minimum atomic E-state index is -4.60. The molecule has 1 amide bonds. The van der Waals surface area contributed by atoms with E-state index in [9.17, 15) is 22.8 Å². The fourth-order valence-electron chi connectivity index (χ4n) is 1.73. The summed E-state index contributed by atoms with van der Waals surface area (Å²) >= 11 is 5.66. The van der Waals surface area contributed by atoms with Gasteiger partial charge in [0.25, 0.3) is 5.91 Å². The van der Waals surface area contributed by atoms with Gasteiger partial charge in [-0.3, -0.25) is 4.79 Å². The molecule has 0 aromatic carbocycles. The Morgan fingerprint density at radius 1 is 1.38 bits per heavy atom. The molecule has 6 nitrogen and oxygen atoms in total. The van der Waals surface area contributed by atoms with Crippen LogP contribution in [-0.2, 0) is 20.5 Å². The molecule has 0 bridgehead atoms. The van der Waals surface area contributed by atoms with Crippen LogP contribution in [0.1, 0.15) is 17.1 Å². The number of rotatable bonds is 5. The maximum absolute atomic E-state index is 12.5. The summed E-state index contributed by atoms with van der Waals surface area (Å²) in [5, 5.41) is 1.76. The summed E-state index contributed by atoms with van der Waals surface area (Å²) in [6.07, 6.45) is -1.65. The van der Waals surface area contributed by atoms with Crippen LogP contribution in [0.3, 0.4) is 0 Å². The van der Waals surface area contributed by atoms with Crippen molar-refractivity contribution < 1.29 is 31.9 Å². The van der Waals surface area contributed by atoms with Crippen LogP contribution in [0, 0.1) is 6.92 Å². The summed E-state index contributed by atoms with van der Waals surface area (Å²) in [4.78, 5) is 26.6. The van der Waals surface area contributed by atoms with Crippen molar-refractivity contribution in [1.29, 1.82) is 0 Å². The van der Waals surface area contributed by atoms with Gasteiger partial charge in [0, 0.05) is 12.3 Å². The van der Waals surface area contributed by atoms with E-state index >= 15 is 0 Å². The van der Waals surface area contributed by atoms with Crippen LogP contribution in [0.25, 0.3) is 6.08 Å². The zero-order valence-electron chi connectivity index (χ0n) is 13.3. The molecule has 10 heteroatoms. The maximum atomic E-state index is 12.5. The fraction of sp³-hybridized carbons (Fsp3) is 0.188. The molecule has 0 radical (unpaired) electrons. The van der Waals surface area contributed by atoms with Crippen LogP contribution in [0.2, 0.25) is 5.02 Å². The zero-order valence-corrected chi connectivity index (χ0v) is 14.0. The number of carbonyl (C=O) groups is 2. The predicted octanol–water partition coefficient (Wildman–Crippen LogP) is 3.85. The Morgan fingerprint density at radius 3 is 2.69 bits per heavy atom. The number of alkyl halides is 3. The molecule has 2 aromatic rings. The van der Waals surface area contributed by atoms with Gasteiger partial charge in [-0.15, -0.1) is 0 Å². The van der Waals surface area contributed by atoms with E-state index in [1.807, 2.05) is 0 Å². The van der Waals surface area contributed by atoms with Gasteiger partial charge in [0.2, 0.25) is 0 Å². The first-order valence-electron chi connectivity index (χ1n) is 7.09. The second kappa shape index (κ2) is 8.05. The van der Waals surface area contributed by atoms with Gasteiger partial charge < -0.3 is 14.5 Å². The Hall–Kier alpha value is -2.81. The van der Waals surface area contributed by atoms with Gasteiger partial charge >= 0.3 is 12.1 Å². The highest BCUT2D eigenvalue weighted by Gasteiger charge is 2.31. The Bertz CT molecular complexity index is 846. The van der Waals surface area contributed by atoms with Crippen molar-refractivity contribution in [2.24, 2.45) is 0 Å². The number of esters is 1. The van der Waals surface area contributed by atoms with Crippen molar-refractivity contribution >= 4 is 35.4 Å². The number of carbonyl (C=O) groups excluding carboxylic acids is 2. The van der Waals surface area contributed by atoms with Gasteiger partial charge in [-0.2, -0.15) is 13.2 Å². The smallest absolute Gasteiger partial charge is 0.417 e. The van der Waals surface area contributed by atoms with Gasteiger partial charge in [-0.25, -0.2) is 9.78 Å². The summed E-state index contributed by atoms with van der Waals surface area (Å²) in [7, 11) is 0. The molecular formula is C16H12ClF3N2O4. The van der Waals surface area contributed by atoms with E-state index in [0.717, 1.165) is 6.08 Å². The Labute approximate surface area is 150 Å². The molecule has 0 fully saturated rings.